The summed E-state index contributed by atoms with van der Waals surface area (Å²) in [5, 5.41) is 2.95. The number of hydrogen-bond acceptors (Lipinski definition) is 7. The van der Waals surface area contributed by atoms with Crippen molar-refractivity contribution in [2.24, 2.45) is 0 Å². The predicted molar refractivity (Wildman–Crippen MR) is 156 cm³/mol. The van der Waals surface area contributed by atoms with Crippen molar-refractivity contribution in [2.75, 3.05) is 23.3 Å². The molecule has 1 saturated carbocycles. The van der Waals surface area contributed by atoms with Gasteiger partial charge in [0.1, 0.15) is 17.3 Å². The number of nitrogens with one attached hydrogen (secondary N) is 1. The van der Waals surface area contributed by atoms with Gasteiger partial charge in [0, 0.05) is 19.3 Å². The first kappa shape index (κ1) is 26.9. The van der Waals surface area contributed by atoms with Gasteiger partial charge in [-0.2, -0.15) is 4.98 Å². The standard InChI is InChI=1S/C31H27F2N7O3/c1-4-24(42)38-10-11-39(22-14-21(22)38)29-17-13-19(33)27-25-18(32)6-5-7-20(25)35-23(41)12-16-8-9-34-26(15(2)3)28(16)40(30(17)36-27)31(43)37-29/h4-9,13,15,21-22H,1,10-12,14H2,2-3H3,(H,35,41)/t21-,22+/m0/s1. The molecule has 218 valence electrons. The number of carbonyl (C=O) groups is 2. The van der Waals surface area contributed by atoms with Gasteiger partial charge in [-0.25, -0.2) is 23.1 Å². The Bertz CT molecular complexity index is 1940. The molecule has 10 nitrogen and oxygen atoms in total. The lowest BCUT2D eigenvalue weighted by atomic mass is 10.0. The van der Waals surface area contributed by atoms with Crippen LogP contribution in [0.25, 0.3) is 28.0 Å². The summed E-state index contributed by atoms with van der Waals surface area (Å²) in [5.74, 6) is -2.20. The monoisotopic (exact) mass is 583 g/mol. The summed E-state index contributed by atoms with van der Waals surface area (Å²) in [7, 11) is 0. The highest BCUT2D eigenvalue weighted by Crippen LogP contribution is 2.42. The lowest BCUT2D eigenvalue weighted by Crippen LogP contribution is -2.49. The third-order valence-corrected chi connectivity index (χ3v) is 8.32. The molecule has 2 aliphatic heterocycles. The molecule has 0 radical (unpaired) electrons. The van der Waals surface area contributed by atoms with Gasteiger partial charge in [-0.05, 0) is 48.2 Å². The number of nitrogens with zero attached hydrogens (tertiary/aromatic N) is 6. The molecule has 0 unspecified atom stereocenters. The number of carbonyl (C=O) groups excluding carboxylic acids is 2. The minimum atomic E-state index is -0.844. The van der Waals surface area contributed by atoms with Crippen LogP contribution in [0.4, 0.5) is 20.3 Å². The Morgan fingerprint density at radius 1 is 1.12 bits per heavy atom. The summed E-state index contributed by atoms with van der Waals surface area (Å²) in [6.45, 7) is 8.14. The minimum Gasteiger partial charge on any atom is -0.349 e. The van der Waals surface area contributed by atoms with Crippen LogP contribution in [0.1, 0.15) is 37.4 Å². The summed E-state index contributed by atoms with van der Waals surface area (Å²) in [6.07, 6.45) is 3.35. The molecule has 2 bridgehead atoms. The molecule has 4 aromatic rings. The molecule has 1 aromatic carbocycles. The smallest absolute Gasteiger partial charge is 0.349 e. The van der Waals surface area contributed by atoms with E-state index in [9.17, 15) is 14.4 Å². The van der Waals surface area contributed by atoms with Crippen LogP contribution in [0.2, 0.25) is 0 Å². The lowest BCUT2D eigenvalue weighted by molar-refractivity contribution is -0.127. The van der Waals surface area contributed by atoms with Crippen molar-refractivity contribution in [2.45, 2.75) is 44.7 Å². The van der Waals surface area contributed by atoms with Gasteiger partial charge < -0.3 is 15.1 Å². The third kappa shape index (κ3) is 4.19. The predicted octanol–water partition coefficient (Wildman–Crippen LogP) is 3.71. The fourth-order valence-electron chi connectivity index (χ4n) is 6.31. The van der Waals surface area contributed by atoms with Crippen molar-refractivity contribution in [3.63, 3.8) is 0 Å². The Hall–Kier alpha value is -5.00. The molecule has 2 fully saturated rings. The molecule has 3 aliphatic rings. The number of benzene rings is 1. The number of anilines is 2. The molecule has 1 N–H and O–H groups in total. The van der Waals surface area contributed by atoms with Gasteiger partial charge >= 0.3 is 5.69 Å². The number of pyridine rings is 2. The maximum atomic E-state index is 16.1. The number of amides is 2. The Morgan fingerprint density at radius 2 is 1.93 bits per heavy atom. The molecule has 43 heavy (non-hydrogen) atoms. The molecule has 5 heterocycles. The van der Waals surface area contributed by atoms with Crippen LogP contribution in [0.3, 0.4) is 0 Å². The Balaban J connectivity index is 1.54. The highest BCUT2D eigenvalue weighted by Gasteiger charge is 2.51. The van der Waals surface area contributed by atoms with Gasteiger partial charge in [-0.1, -0.05) is 26.5 Å². The molecule has 1 saturated heterocycles. The van der Waals surface area contributed by atoms with Crippen LogP contribution in [0.5, 0.6) is 0 Å². The van der Waals surface area contributed by atoms with Gasteiger partial charge in [-0.3, -0.25) is 14.6 Å². The molecular formula is C31H27F2N7O3. The number of rotatable bonds is 3. The number of fused-ring (bicyclic) bond motifs is 6. The second kappa shape index (κ2) is 9.79. The second-order valence-corrected chi connectivity index (χ2v) is 11.3. The van der Waals surface area contributed by atoms with Crippen LogP contribution < -0.4 is 15.9 Å². The number of hydrogen-bond donors (Lipinski definition) is 1. The van der Waals surface area contributed by atoms with E-state index >= 15 is 8.78 Å². The van der Waals surface area contributed by atoms with E-state index in [1.165, 1.54) is 28.8 Å². The van der Waals surface area contributed by atoms with Crippen molar-refractivity contribution in [3.05, 3.63) is 82.6 Å². The molecule has 0 spiro atoms. The Kier molecular flexibility index (Phi) is 6.12. The van der Waals surface area contributed by atoms with E-state index in [2.05, 4.69) is 26.8 Å². The number of piperazine rings is 1. The highest BCUT2D eigenvalue weighted by molar-refractivity contribution is 5.99. The average molecular weight is 584 g/mol. The van der Waals surface area contributed by atoms with E-state index in [1.807, 2.05) is 18.7 Å². The van der Waals surface area contributed by atoms with E-state index in [1.54, 1.807) is 17.2 Å². The molecule has 2 atom stereocenters. The first-order valence-corrected chi connectivity index (χ1v) is 14.1. The topological polar surface area (TPSA) is 113 Å². The minimum absolute atomic E-state index is 0.0596. The largest absolute Gasteiger partial charge is 0.355 e. The van der Waals surface area contributed by atoms with Crippen molar-refractivity contribution in [3.8, 4) is 16.9 Å². The van der Waals surface area contributed by atoms with Crippen molar-refractivity contribution in [1.82, 2.24) is 24.4 Å². The highest BCUT2D eigenvalue weighted by atomic mass is 19.1. The maximum absolute atomic E-state index is 16.1. The molecule has 1 aliphatic carbocycles. The third-order valence-electron chi connectivity index (χ3n) is 8.32. The number of halogens is 2. The molecule has 3 aromatic heterocycles. The average Bonchev–Trinajstić information content (AvgIpc) is 3.77. The summed E-state index contributed by atoms with van der Waals surface area (Å²) in [4.78, 5) is 57.0. The summed E-state index contributed by atoms with van der Waals surface area (Å²) in [5.41, 5.74) is 0.202. The zero-order valence-corrected chi connectivity index (χ0v) is 23.5. The SMILES string of the molecule is C=CC(=O)N1CCN(c2nc(=O)n3c4nc(c(F)cc24)-c2c(F)cccc2NC(=O)Cc2ccnc(C(C)C)c2-3)[C@@H]2C[C@@H]21. The van der Waals surface area contributed by atoms with Crippen LogP contribution in [0.15, 0.2) is 54.0 Å². The molecule has 2 amide bonds. The fourth-order valence-corrected chi connectivity index (χ4v) is 6.31. The van der Waals surface area contributed by atoms with Crippen molar-refractivity contribution in [1.29, 1.82) is 0 Å². The van der Waals surface area contributed by atoms with Crippen molar-refractivity contribution < 1.29 is 18.4 Å². The van der Waals surface area contributed by atoms with E-state index in [-0.39, 0.29) is 64.1 Å². The van der Waals surface area contributed by atoms with Crippen LogP contribution in [0, 0.1) is 11.6 Å². The van der Waals surface area contributed by atoms with E-state index in [0.29, 0.717) is 36.5 Å². The van der Waals surface area contributed by atoms with Crippen LogP contribution in [-0.4, -0.2) is 61.4 Å². The van der Waals surface area contributed by atoms with Gasteiger partial charge in [0.25, 0.3) is 0 Å². The van der Waals surface area contributed by atoms with E-state index in [4.69, 9.17) is 0 Å². The van der Waals surface area contributed by atoms with Gasteiger partial charge in [0.05, 0.1) is 46.5 Å². The molecule has 7 rings (SSSR count). The van der Waals surface area contributed by atoms with Crippen molar-refractivity contribution >= 4 is 34.4 Å². The van der Waals surface area contributed by atoms with Gasteiger partial charge in [0.2, 0.25) is 11.8 Å². The summed E-state index contributed by atoms with van der Waals surface area (Å²) in [6, 6.07) is 6.72. The van der Waals surface area contributed by atoms with Crippen LogP contribution in [-0.2, 0) is 16.0 Å². The fraction of sp³-hybridized carbons (Fsp3) is 0.290. The van der Waals surface area contributed by atoms with Gasteiger partial charge in [-0.15, -0.1) is 0 Å². The van der Waals surface area contributed by atoms with E-state index < -0.39 is 23.2 Å². The molecular weight excluding hydrogens is 556 g/mol. The Morgan fingerprint density at radius 3 is 2.70 bits per heavy atom. The summed E-state index contributed by atoms with van der Waals surface area (Å²) >= 11 is 0. The zero-order valence-electron chi connectivity index (χ0n) is 23.5. The first-order chi connectivity index (χ1) is 20.7. The van der Waals surface area contributed by atoms with Gasteiger partial charge in [0.15, 0.2) is 11.5 Å². The molecule has 12 heteroatoms. The Labute approximate surface area is 244 Å². The zero-order chi connectivity index (χ0) is 30.2. The maximum Gasteiger partial charge on any atom is 0.355 e. The normalized spacial score (nSPS) is 19.0. The van der Waals surface area contributed by atoms with Crippen LogP contribution >= 0.6 is 0 Å². The lowest BCUT2D eigenvalue weighted by Gasteiger charge is -2.35. The first-order valence-electron chi connectivity index (χ1n) is 14.1. The quantitative estimate of drug-likeness (QED) is 0.366. The number of aromatic nitrogens is 4. The second-order valence-electron chi connectivity index (χ2n) is 11.3. The summed E-state index contributed by atoms with van der Waals surface area (Å²) < 4.78 is 32.7. The van der Waals surface area contributed by atoms with E-state index in [0.717, 1.165) is 6.07 Å².